The van der Waals surface area contributed by atoms with Crippen molar-refractivity contribution in [1.29, 1.82) is 0 Å². The monoisotopic (exact) mass is 189 g/mol. The molecule has 0 spiro atoms. The first-order valence-electron chi connectivity index (χ1n) is 4.51. The van der Waals surface area contributed by atoms with Crippen LogP contribution in [0.4, 0.5) is 5.69 Å². The molecule has 0 aromatic carbocycles. The minimum atomic E-state index is 0.600. The molecule has 0 aliphatic rings. The lowest BCUT2D eigenvalue weighted by molar-refractivity contribution is 0.810. The van der Waals surface area contributed by atoms with Crippen molar-refractivity contribution < 1.29 is 0 Å². The predicted molar refractivity (Wildman–Crippen MR) is 59.1 cm³/mol. The van der Waals surface area contributed by atoms with Crippen LogP contribution in [-0.4, -0.2) is 25.6 Å². The van der Waals surface area contributed by atoms with Gasteiger partial charge in [0.2, 0.25) is 0 Å². The molecule has 0 amide bonds. The van der Waals surface area contributed by atoms with Crippen molar-refractivity contribution in [1.82, 2.24) is 10.3 Å². The Morgan fingerprint density at radius 1 is 1.64 bits per heavy atom. The third kappa shape index (κ3) is 2.48. The second-order valence-corrected chi connectivity index (χ2v) is 3.09. The van der Waals surface area contributed by atoms with Crippen LogP contribution in [0.5, 0.6) is 0 Å². The predicted octanol–water partition coefficient (Wildman–Crippen LogP) is 0.870. The first kappa shape index (κ1) is 10.6. The summed E-state index contributed by atoms with van der Waals surface area (Å²) in [6, 6.07) is 2.00. The summed E-state index contributed by atoms with van der Waals surface area (Å²) >= 11 is 0. The van der Waals surface area contributed by atoms with Gasteiger partial charge in [-0.15, -0.1) is 6.42 Å². The zero-order chi connectivity index (χ0) is 10.4. The Morgan fingerprint density at radius 2 is 2.43 bits per heavy atom. The first-order valence-corrected chi connectivity index (χ1v) is 4.51. The van der Waals surface area contributed by atoms with Crippen LogP contribution < -0.4 is 10.2 Å². The molecule has 0 atom stereocenters. The maximum atomic E-state index is 5.26. The van der Waals surface area contributed by atoms with E-state index in [1.807, 2.05) is 31.3 Å². The molecule has 14 heavy (non-hydrogen) atoms. The summed E-state index contributed by atoms with van der Waals surface area (Å²) in [6.45, 7) is 1.43. The number of terminal acetylenes is 1. The fraction of sp³-hybridized carbons (Fsp3) is 0.364. The molecular formula is C11H15N3. The highest BCUT2D eigenvalue weighted by Gasteiger charge is 2.04. The minimum Gasteiger partial charge on any atom is -0.362 e. The van der Waals surface area contributed by atoms with Crippen LogP contribution in [0.3, 0.4) is 0 Å². The lowest BCUT2D eigenvalue weighted by atomic mass is 10.2. The Kier molecular flexibility index (Phi) is 3.96. The van der Waals surface area contributed by atoms with Crippen LogP contribution in [0.2, 0.25) is 0 Å². The average molecular weight is 189 g/mol. The summed E-state index contributed by atoms with van der Waals surface area (Å²) in [5, 5.41) is 3.12. The largest absolute Gasteiger partial charge is 0.362 e. The molecule has 74 valence electrons. The number of aromatic nitrogens is 1. The smallest absolute Gasteiger partial charge is 0.0789 e. The Bertz CT molecular complexity index is 328. The van der Waals surface area contributed by atoms with Gasteiger partial charge in [0.15, 0.2) is 0 Å². The summed E-state index contributed by atoms with van der Waals surface area (Å²) in [6.07, 6.45) is 8.89. The van der Waals surface area contributed by atoms with Crippen LogP contribution in [0.25, 0.3) is 0 Å². The second-order valence-electron chi connectivity index (χ2n) is 3.09. The lowest BCUT2D eigenvalue weighted by Gasteiger charge is -2.19. The summed E-state index contributed by atoms with van der Waals surface area (Å²) in [4.78, 5) is 6.11. The molecule has 0 saturated heterocycles. The number of pyridine rings is 1. The first-order chi connectivity index (χ1) is 6.79. The highest BCUT2D eigenvalue weighted by atomic mass is 15.1. The molecule has 0 aliphatic heterocycles. The molecule has 1 heterocycles. The minimum absolute atomic E-state index is 0.600. The van der Waals surface area contributed by atoms with E-state index < -0.39 is 0 Å². The zero-order valence-electron chi connectivity index (χ0n) is 8.62. The summed E-state index contributed by atoms with van der Waals surface area (Å²) in [7, 11) is 3.89. The van der Waals surface area contributed by atoms with Gasteiger partial charge in [-0.05, 0) is 18.7 Å². The van der Waals surface area contributed by atoms with Crippen molar-refractivity contribution >= 4 is 5.69 Å². The van der Waals surface area contributed by atoms with Gasteiger partial charge in [0.25, 0.3) is 0 Å². The standard InChI is InChI=1S/C11H15N3/c1-4-7-14(3)11-9-13-6-5-10(11)8-12-2/h1,5-6,9,12H,7-8H2,2-3H3. The van der Waals surface area contributed by atoms with Crippen molar-refractivity contribution in [3.05, 3.63) is 24.0 Å². The molecule has 1 N–H and O–H groups in total. The second kappa shape index (κ2) is 5.25. The number of nitrogens with one attached hydrogen (secondary N) is 1. The van der Waals surface area contributed by atoms with E-state index in [1.165, 1.54) is 5.56 Å². The van der Waals surface area contributed by atoms with Gasteiger partial charge in [-0.2, -0.15) is 0 Å². The number of anilines is 1. The average Bonchev–Trinajstić information content (AvgIpc) is 2.19. The molecule has 0 radical (unpaired) electrons. The van der Waals surface area contributed by atoms with Gasteiger partial charge in [-0.1, -0.05) is 5.92 Å². The Morgan fingerprint density at radius 3 is 3.07 bits per heavy atom. The van der Waals surface area contributed by atoms with Crippen LogP contribution >= 0.6 is 0 Å². The van der Waals surface area contributed by atoms with E-state index >= 15 is 0 Å². The van der Waals surface area contributed by atoms with Crippen molar-refractivity contribution in [2.75, 3.05) is 25.5 Å². The number of rotatable bonds is 4. The van der Waals surface area contributed by atoms with Crippen molar-refractivity contribution in [2.24, 2.45) is 0 Å². The number of hydrogen-bond donors (Lipinski definition) is 1. The van der Waals surface area contributed by atoms with Gasteiger partial charge in [0.1, 0.15) is 0 Å². The van der Waals surface area contributed by atoms with Crippen LogP contribution in [-0.2, 0) is 6.54 Å². The van der Waals surface area contributed by atoms with Gasteiger partial charge in [0, 0.05) is 19.8 Å². The van der Waals surface area contributed by atoms with E-state index in [1.54, 1.807) is 6.20 Å². The Balaban J connectivity index is 2.89. The number of hydrogen-bond acceptors (Lipinski definition) is 3. The van der Waals surface area contributed by atoms with Gasteiger partial charge in [0.05, 0.1) is 18.4 Å². The molecule has 3 nitrogen and oxygen atoms in total. The van der Waals surface area contributed by atoms with Gasteiger partial charge in [-0.3, -0.25) is 4.98 Å². The molecule has 1 rings (SSSR count). The third-order valence-corrected chi connectivity index (χ3v) is 1.99. The molecule has 0 bridgehead atoms. The van der Waals surface area contributed by atoms with E-state index in [0.717, 1.165) is 12.2 Å². The van der Waals surface area contributed by atoms with Crippen LogP contribution in [0.15, 0.2) is 18.5 Å². The van der Waals surface area contributed by atoms with Gasteiger partial charge in [-0.25, -0.2) is 0 Å². The Hall–Kier alpha value is -1.53. The SMILES string of the molecule is C#CCN(C)c1cnccc1CNC. The molecule has 0 fully saturated rings. The maximum absolute atomic E-state index is 5.26. The highest BCUT2D eigenvalue weighted by molar-refractivity contribution is 5.51. The molecule has 3 heteroatoms. The van der Waals surface area contributed by atoms with Gasteiger partial charge >= 0.3 is 0 Å². The fourth-order valence-electron chi connectivity index (χ4n) is 1.32. The summed E-state index contributed by atoms with van der Waals surface area (Å²) in [5.74, 6) is 2.61. The molecule has 1 aromatic rings. The Labute approximate surface area is 85.1 Å². The van der Waals surface area contributed by atoms with Crippen molar-refractivity contribution in [3.8, 4) is 12.3 Å². The summed E-state index contributed by atoms with van der Waals surface area (Å²) < 4.78 is 0. The van der Waals surface area contributed by atoms with E-state index in [2.05, 4.69) is 16.2 Å². The quantitative estimate of drug-likeness (QED) is 0.712. The van der Waals surface area contributed by atoms with E-state index in [9.17, 15) is 0 Å². The number of nitrogens with zero attached hydrogens (tertiary/aromatic N) is 2. The zero-order valence-corrected chi connectivity index (χ0v) is 8.62. The molecule has 0 aliphatic carbocycles. The van der Waals surface area contributed by atoms with Gasteiger partial charge < -0.3 is 10.2 Å². The molecule has 0 saturated carbocycles. The lowest BCUT2D eigenvalue weighted by Crippen LogP contribution is -2.20. The van der Waals surface area contributed by atoms with Crippen molar-refractivity contribution in [2.45, 2.75) is 6.54 Å². The highest BCUT2D eigenvalue weighted by Crippen LogP contribution is 2.16. The maximum Gasteiger partial charge on any atom is 0.0789 e. The van der Waals surface area contributed by atoms with E-state index in [4.69, 9.17) is 6.42 Å². The topological polar surface area (TPSA) is 28.2 Å². The fourth-order valence-corrected chi connectivity index (χ4v) is 1.32. The normalized spacial score (nSPS) is 9.50. The van der Waals surface area contributed by atoms with Crippen molar-refractivity contribution in [3.63, 3.8) is 0 Å². The van der Waals surface area contributed by atoms with E-state index in [-0.39, 0.29) is 0 Å². The molecular weight excluding hydrogens is 174 g/mol. The van der Waals surface area contributed by atoms with Crippen LogP contribution in [0, 0.1) is 12.3 Å². The van der Waals surface area contributed by atoms with E-state index in [0.29, 0.717) is 6.54 Å². The molecule has 0 unspecified atom stereocenters. The third-order valence-electron chi connectivity index (χ3n) is 1.99. The molecule has 1 aromatic heterocycles. The summed E-state index contributed by atoms with van der Waals surface area (Å²) in [5.41, 5.74) is 2.29. The van der Waals surface area contributed by atoms with Crippen LogP contribution in [0.1, 0.15) is 5.56 Å².